The third kappa shape index (κ3) is 3.33. The summed E-state index contributed by atoms with van der Waals surface area (Å²) < 4.78 is 4.43. The van der Waals surface area contributed by atoms with Crippen LogP contribution in [0.1, 0.15) is 17.7 Å². The number of anilines is 1. The number of amides is 2. The first-order valence-electron chi connectivity index (χ1n) is 11.2. The smallest absolute Gasteiger partial charge is 0.275 e. The molecule has 0 fully saturated rings. The molecule has 33 heavy (non-hydrogen) atoms. The summed E-state index contributed by atoms with van der Waals surface area (Å²) in [7, 11) is 0. The van der Waals surface area contributed by atoms with Gasteiger partial charge in [-0.3, -0.25) is 14.9 Å². The zero-order valence-corrected chi connectivity index (χ0v) is 18.0. The Kier molecular flexibility index (Phi) is 4.61. The van der Waals surface area contributed by atoms with E-state index < -0.39 is 5.91 Å². The van der Waals surface area contributed by atoms with Crippen molar-refractivity contribution < 1.29 is 9.59 Å². The summed E-state index contributed by atoms with van der Waals surface area (Å²) in [6.07, 6.45) is 7.50. The van der Waals surface area contributed by atoms with E-state index in [0.717, 1.165) is 53.8 Å². The molecule has 1 unspecified atom stereocenters. The number of para-hydroxylation sites is 2. The Labute approximate surface area is 190 Å². The minimum Gasteiger partial charge on any atom is -0.350 e. The number of rotatable bonds is 5. The molecule has 0 spiro atoms. The summed E-state index contributed by atoms with van der Waals surface area (Å²) in [6.45, 7) is 1.75. The van der Waals surface area contributed by atoms with E-state index in [1.165, 1.54) is 0 Å². The topological polar surface area (TPSA) is 81.0 Å². The number of hydrogen-bond donors (Lipinski definition) is 2. The maximum atomic E-state index is 13.1. The maximum absolute atomic E-state index is 13.1. The van der Waals surface area contributed by atoms with E-state index in [1.807, 2.05) is 61.1 Å². The van der Waals surface area contributed by atoms with Gasteiger partial charge in [-0.25, -0.2) is 4.98 Å². The standard InChI is InChI=1S/C26H23N5O2/c32-25-23(24(26(33)29-25)28-18-6-2-1-3-7-18)22-19-8-4-5-9-20(19)31-12-10-17(14-21(22)31)15-30-13-11-27-16-30/h1-9,11,13,16-17H,10,12,14-15H2,(H2,28,29,32,33). The first-order valence-corrected chi connectivity index (χ1v) is 11.2. The second kappa shape index (κ2) is 7.78. The van der Waals surface area contributed by atoms with Crippen molar-refractivity contribution in [1.82, 2.24) is 19.4 Å². The van der Waals surface area contributed by atoms with Crippen LogP contribution in [0, 0.1) is 5.92 Å². The molecule has 2 aliphatic heterocycles. The number of imide groups is 1. The molecule has 7 heteroatoms. The third-order valence-electron chi connectivity index (χ3n) is 6.57. The number of aromatic nitrogens is 3. The van der Waals surface area contributed by atoms with Crippen molar-refractivity contribution in [3.63, 3.8) is 0 Å². The fraction of sp³-hybridized carbons (Fsp3) is 0.192. The third-order valence-corrected chi connectivity index (χ3v) is 6.57. The van der Waals surface area contributed by atoms with Crippen molar-refractivity contribution in [2.24, 2.45) is 5.92 Å². The summed E-state index contributed by atoms with van der Waals surface area (Å²) in [5, 5.41) is 6.71. The Morgan fingerprint density at radius 3 is 2.67 bits per heavy atom. The quantitative estimate of drug-likeness (QED) is 0.468. The lowest BCUT2D eigenvalue weighted by Gasteiger charge is -2.26. The van der Waals surface area contributed by atoms with Gasteiger partial charge in [0, 0.05) is 53.3 Å². The van der Waals surface area contributed by atoms with Crippen LogP contribution in [0.15, 0.2) is 79.0 Å². The highest BCUT2D eigenvalue weighted by Gasteiger charge is 2.36. The minimum atomic E-state index is -0.395. The monoisotopic (exact) mass is 437 g/mol. The minimum absolute atomic E-state index is 0.307. The van der Waals surface area contributed by atoms with Crippen LogP contribution >= 0.6 is 0 Å². The van der Waals surface area contributed by atoms with Gasteiger partial charge < -0.3 is 14.5 Å². The van der Waals surface area contributed by atoms with Crippen molar-refractivity contribution in [3.8, 4) is 0 Å². The number of nitrogens with one attached hydrogen (secondary N) is 2. The van der Waals surface area contributed by atoms with Gasteiger partial charge in [-0.2, -0.15) is 0 Å². The van der Waals surface area contributed by atoms with Crippen LogP contribution in [0.3, 0.4) is 0 Å². The van der Waals surface area contributed by atoms with E-state index in [9.17, 15) is 9.59 Å². The van der Waals surface area contributed by atoms with Gasteiger partial charge in [0.1, 0.15) is 5.70 Å². The van der Waals surface area contributed by atoms with Gasteiger partial charge in [-0.15, -0.1) is 0 Å². The molecule has 4 aromatic rings. The Hall–Kier alpha value is -4.13. The van der Waals surface area contributed by atoms with Crippen LogP contribution in [0.5, 0.6) is 0 Å². The van der Waals surface area contributed by atoms with E-state index in [-0.39, 0.29) is 5.91 Å². The maximum Gasteiger partial charge on any atom is 0.275 e. The second-order valence-corrected chi connectivity index (χ2v) is 8.63. The van der Waals surface area contributed by atoms with Crippen molar-refractivity contribution in [3.05, 3.63) is 90.3 Å². The summed E-state index contributed by atoms with van der Waals surface area (Å²) >= 11 is 0. The number of benzene rings is 2. The van der Waals surface area contributed by atoms with Gasteiger partial charge >= 0.3 is 0 Å². The average molecular weight is 438 g/mol. The molecular formula is C26H23N5O2. The Bertz CT molecular complexity index is 1400. The van der Waals surface area contributed by atoms with E-state index >= 15 is 0 Å². The normalized spacial score (nSPS) is 18.0. The predicted molar refractivity (Wildman–Crippen MR) is 126 cm³/mol. The molecule has 2 aromatic heterocycles. The predicted octanol–water partition coefficient (Wildman–Crippen LogP) is 3.58. The molecular weight excluding hydrogens is 414 g/mol. The number of carbonyl (C=O) groups is 2. The molecule has 0 bridgehead atoms. The number of nitrogens with zero attached hydrogens (tertiary/aromatic N) is 3. The fourth-order valence-electron chi connectivity index (χ4n) is 5.12. The zero-order valence-electron chi connectivity index (χ0n) is 18.0. The van der Waals surface area contributed by atoms with Crippen molar-refractivity contribution in [2.45, 2.75) is 25.9 Å². The molecule has 2 aliphatic rings. The van der Waals surface area contributed by atoms with Crippen molar-refractivity contribution in [1.29, 1.82) is 0 Å². The molecule has 4 heterocycles. The van der Waals surface area contributed by atoms with Gasteiger partial charge in [0.05, 0.1) is 11.9 Å². The largest absolute Gasteiger partial charge is 0.350 e. The SMILES string of the molecule is O=C1NC(=O)C(c2c3n(c4ccccc24)CCC(Cn2ccnc2)C3)=C1Nc1ccccc1. The lowest BCUT2D eigenvalue weighted by Crippen LogP contribution is -2.25. The van der Waals surface area contributed by atoms with Crippen LogP contribution in [0.4, 0.5) is 5.69 Å². The van der Waals surface area contributed by atoms with Gasteiger partial charge in [0.25, 0.3) is 11.8 Å². The molecule has 0 aliphatic carbocycles. The summed E-state index contributed by atoms with van der Waals surface area (Å²) in [6, 6.07) is 17.6. The van der Waals surface area contributed by atoms with Gasteiger partial charge in [-0.05, 0) is 37.0 Å². The van der Waals surface area contributed by atoms with Crippen LogP contribution in [-0.4, -0.2) is 25.9 Å². The molecule has 0 radical (unpaired) electrons. The van der Waals surface area contributed by atoms with E-state index in [1.54, 1.807) is 6.20 Å². The second-order valence-electron chi connectivity index (χ2n) is 8.63. The molecule has 2 aromatic carbocycles. The molecule has 6 rings (SSSR count). The zero-order chi connectivity index (χ0) is 22.4. The Morgan fingerprint density at radius 1 is 1.03 bits per heavy atom. The first kappa shape index (κ1) is 19.5. The van der Waals surface area contributed by atoms with Crippen molar-refractivity contribution in [2.75, 3.05) is 5.32 Å². The highest BCUT2D eigenvalue weighted by Crippen LogP contribution is 2.39. The molecule has 1 atom stereocenters. The van der Waals surface area contributed by atoms with Crippen LogP contribution < -0.4 is 10.6 Å². The molecule has 2 amide bonds. The Morgan fingerprint density at radius 2 is 1.85 bits per heavy atom. The Balaban J connectivity index is 1.50. The van der Waals surface area contributed by atoms with Gasteiger partial charge in [0.15, 0.2) is 0 Å². The molecule has 164 valence electrons. The highest BCUT2D eigenvalue weighted by atomic mass is 16.2. The fourth-order valence-corrected chi connectivity index (χ4v) is 5.12. The number of aryl methyl sites for hydroxylation is 1. The van der Waals surface area contributed by atoms with Crippen LogP contribution in [0.2, 0.25) is 0 Å². The summed E-state index contributed by atoms with van der Waals surface area (Å²) in [5.41, 5.74) is 4.58. The molecule has 0 saturated carbocycles. The van der Waals surface area contributed by atoms with Gasteiger partial charge in [0.2, 0.25) is 0 Å². The van der Waals surface area contributed by atoms with Crippen LogP contribution in [-0.2, 0) is 29.1 Å². The molecule has 2 N–H and O–H groups in total. The van der Waals surface area contributed by atoms with E-state index in [0.29, 0.717) is 17.2 Å². The van der Waals surface area contributed by atoms with Crippen molar-refractivity contribution >= 4 is 34.0 Å². The first-order chi connectivity index (χ1) is 16.2. The lowest BCUT2D eigenvalue weighted by atomic mass is 9.91. The van der Waals surface area contributed by atoms with Crippen LogP contribution in [0.25, 0.3) is 16.5 Å². The highest BCUT2D eigenvalue weighted by molar-refractivity contribution is 6.38. The number of imidazole rings is 1. The average Bonchev–Trinajstić information content (AvgIpc) is 3.52. The number of fused-ring (bicyclic) bond motifs is 3. The molecule has 7 nitrogen and oxygen atoms in total. The van der Waals surface area contributed by atoms with E-state index in [2.05, 4.69) is 30.8 Å². The lowest BCUT2D eigenvalue weighted by molar-refractivity contribution is -0.123. The number of hydrogen-bond acceptors (Lipinski definition) is 4. The van der Waals surface area contributed by atoms with Gasteiger partial charge in [-0.1, -0.05) is 36.4 Å². The number of carbonyl (C=O) groups excluding carboxylic acids is 2. The van der Waals surface area contributed by atoms with E-state index in [4.69, 9.17) is 0 Å². The summed E-state index contributed by atoms with van der Waals surface area (Å²) in [4.78, 5) is 30.1. The molecule has 0 saturated heterocycles. The summed E-state index contributed by atoms with van der Waals surface area (Å²) in [5.74, 6) is -0.330.